The molecule has 1 aromatic rings. The zero-order chi connectivity index (χ0) is 10.6. The molecule has 2 heteroatoms. The normalized spacial score (nSPS) is 9.00. The van der Waals surface area contributed by atoms with Crippen LogP contribution in [0.25, 0.3) is 0 Å². The maximum atomic E-state index is 10.3. The molecule has 0 atom stereocenters. The van der Waals surface area contributed by atoms with Gasteiger partial charge >= 0.3 is 5.97 Å². The van der Waals surface area contributed by atoms with Gasteiger partial charge in [-0.15, -0.1) is 0 Å². The van der Waals surface area contributed by atoms with Crippen molar-refractivity contribution in [1.82, 2.24) is 0 Å². The molecule has 0 fully saturated rings. The molecular formula is C12H12O2. The molecule has 0 amide bonds. The van der Waals surface area contributed by atoms with E-state index in [1.165, 1.54) is 0 Å². The van der Waals surface area contributed by atoms with Crippen LogP contribution < -0.4 is 0 Å². The molecule has 0 aromatic heterocycles. The molecule has 14 heavy (non-hydrogen) atoms. The van der Waals surface area contributed by atoms with E-state index in [4.69, 9.17) is 5.11 Å². The fourth-order valence-electron chi connectivity index (χ4n) is 1.22. The van der Waals surface area contributed by atoms with Gasteiger partial charge in [-0.3, -0.25) is 4.79 Å². The Morgan fingerprint density at radius 1 is 1.36 bits per heavy atom. The number of carboxylic acid groups (broad SMARTS) is 1. The fraction of sp³-hybridized carbons (Fsp3) is 0.250. The lowest BCUT2D eigenvalue weighted by Gasteiger charge is -2.00. The zero-order valence-electron chi connectivity index (χ0n) is 8.29. The second-order valence-corrected chi connectivity index (χ2v) is 3.14. The van der Waals surface area contributed by atoms with E-state index in [0.717, 1.165) is 16.7 Å². The van der Waals surface area contributed by atoms with Crippen LogP contribution in [0.5, 0.6) is 0 Å². The molecule has 0 bridgehead atoms. The summed E-state index contributed by atoms with van der Waals surface area (Å²) in [5.74, 6) is 4.63. The van der Waals surface area contributed by atoms with Crippen molar-refractivity contribution in [1.29, 1.82) is 0 Å². The molecule has 2 nitrogen and oxygen atoms in total. The van der Waals surface area contributed by atoms with Crippen LogP contribution in [0, 0.1) is 25.7 Å². The van der Waals surface area contributed by atoms with Crippen molar-refractivity contribution in [3.63, 3.8) is 0 Å². The van der Waals surface area contributed by atoms with E-state index in [1.54, 1.807) is 0 Å². The first-order valence-corrected chi connectivity index (χ1v) is 4.38. The minimum absolute atomic E-state index is 0.103. The Kier molecular flexibility index (Phi) is 3.30. The van der Waals surface area contributed by atoms with E-state index >= 15 is 0 Å². The van der Waals surface area contributed by atoms with Crippen LogP contribution in [0.15, 0.2) is 18.2 Å². The smallest absolute Gasteiger partial charge is 0.315 e. The van der Waals surface area contributed by atoms with Crippen LogP contribution in [0.2, 0.25) is 0 Å². The summed E-state index contributed by atoms with van der Waals surface area (Å²) in [4.78, 5) is 10.3. The molecule has 0 saturated carbocycles. The lowest BCUT2D eigenvalue weighted by atomic mass is 10.0. The van der Waals surface area contributed by atoms with E-state index in [2.05, 4.69) is 11.8 Å². The Hall–Kier alpha value is -1.75. The predicted molar refractivity (Wildman–Crippen MR) is 55.0 cm³/mol. The number of aryl methyl sites for hydroxylation is 2. The van der Waals surface area contributed by atoms with Crippen LogP contribution in [0.4, 0.5) is 0 Å². The number of carboxylic acids is 1. The molecule has 0 aliphatic carbocycles. The zero-order valence-corrected chi connectivity index (χ0v) is 8.29. The first-order valence-electron chi connectivity index (χ1n) is 4.38. The Bertz CT molecular complexity index is 388. The van der Waals surface area contributed by atoms with Gasteiger partial charge < -0.3 is 5.11 Å². The molecule has 0 spiro atoms. The van der Waals surface area contributed by atoms with Gasteiger partial charge in [0, 0.05) is 5.56 Å². The number of rotatable bonds is 1. The van der Waals surface area contributed by atoms with Crippen LogP contribution in [-0.4, -0.2) is 11.1 Å². The summed E-state index contributed by atoms with van der Waals surface area (Å²) in [6, 6.07) is 5.91. The van der Waals surface area contributed by atoms with Crippen molar-refractivity contribution >= 4 is 5.97 Å². The Morgan fingerprint density at radius 3 is 2.43 bits per heavy atom. The Labute approximate surface area is 83.6 Å². The third-order valence-corrected chi connectivity index (χ3v) is 1.93. The quantitative estimate of drug-likeness (QED) is 0.685. The van der Waals surface area contributed by atoms with Gasteiger partial charge in [-0.2, -0.15) is 0 Å². The van der Waals surface area contributed by atoms with Crippen LogP contribution in [0.1, 0.15) is 23.1 Å². The van der Waals surface area contributed by atoms with E-state index in [0.29, 0.717) is 0 Å². The molecule has 0 aliphatic rings. The van der Waals surface area contributed by atoms with Gasteiger partial charge in [-0.25, -0.2) is 0 Å². The van der Waals surface area contributed by atoms with Gasteiger partial charge in [0.2, 0.25) is 0 Å². The fourth-order valence-corrected chi connectivity index (χ4v) is 1.22. The number of hydrogen-bond acceptors (Lipinski definition) is 1. The summed E-state index contributed by atoms with van der Waals surface area (Å²) in [6.45, 7) is 3.94. The average Bonchev–Trinajstić information content (AvgIpc) is 2.09. The summed E-state index contributed by atoms with van der Waals surface area (Å²) < 4.78 is 0. The van der Waals surface area contributed by atoms with Gasteiger partial charge in [0.15, 0.2) is 0 Å². The van der Waals surface area contributed by atoms with Crippen LogP contribution >= 0.6 is 0 Å². The van der Waals surface area contributed by atoms with Crippen LogP contribution in [-0.2, 0) is 4.79 Å². The summed E-state index contributed by atoms with van der Waals surface area (Å²) in [7, 11) is 0. The van der Waals surface area contributed by atoms with Gasteiger partial charge in [0.05, 0.1) is 0 Å². The van der Waals surface area contributed by atoms with E-state index in [9.17, 15) is 4.79 Å². The largest absolute Gasteiger partial charge is 0.481 e. The minimum Gasteiger partial charge on any atom is -0.481 e. The minimum atomic E-state index is -0.885. The molecule has 0 aliphatic heterocycles. The standard InChI is InChI=1S/C12H12O2/c1-9-5-3-6-10(2)11(9)7-4-8-12(13)14/h3,5-6H,8H2,1-2H3,(H,13,14). The van der Waals surface area contributed by atoms with Crippen molar-refractivity contribution in [2.24, 2.45) is 0 Å². The second-order valence-electron chi connectivity index (χ2n) is 3.14. The predicted octanol–water partition coefficient (Wildman–Crippen LogP) is 2.13. The van der Waals surface area contributed by atoms with Gasteiger partial charge in [0.1, 0.15) is 6.42 Å². The molecule has 0 saturated heterocycles. The number of carbonyl (C=O) groups is 1. The monoisotopic (exact) mass is 188 g/mol. The summed E-state index contributed by atoms with van der Waals surface area (Å²) in [6.07, 6.45) is -0.103. The summed E-state index contributed by atoms with van der Waals surface area (Å²) in [5.41, 5.74) is 3.11. The summed E-state index contributed by atoms with van der Waals surface area (Å²) in [5, 5.41) is 8.43. The molecule has 1 N–H and O–H groups in total. The molecule has 72 valence electrons. The van der Waals surface area contributed by atoms with Crippen molar-refractivity contribution in [3.8, 4) is 11.8 Å². The highest BCUT2D eigenvalue weighted by Gasteiger charge is 1.97. The third-order valence-electron chi connectivity index (χ3n) is 1.93. The van der Waals surface area contributed by atoms with Gasteiger partial charge in [0.25, 0.3) is 0 Å². The van der Waals surface area contributed by atoms with Gasteiger partial charge in [-0.1, -0.05) is 30.0 Å². The average molecular weight is 188 g/mol. The number of hydrogen-bond donors (Lipinski definition) is 1. The SMILES string of the molecule is Cc1cccc(C)c1C#CCC(=O)O. The molecule has 0 radical (unpaired) electrons. The first kappa shape index (κ1) is 10.3. The first-order chi connectivity index (χ1) is 6.61. The van der Waals surface area contributed by atoms with Crippen LogP contribution in [0.3, 0.4) is 0 Å². The Balaban J connectivity index is 2.94. The third kappa shape index (κ3) is 2.63. The molecule has 1 rings (SSSR count). The lowest BCUT2D eigenvalue weighted by molar-refractivity contribution is -0.135. The van der Waals surface area contributed by atoms with E-state index in [1.807, 2.05) is 32.0 Å². The molecular weight excluding hydrogens is 176 g/mol. The summed E-state index contributed by atoms with van der Waals surface area (Å²) >= 11 is 0. The van der Waals surface area contributed by atoms with E-state index < -0.39 is 5.97 Å². The number of aliphatic carboxylic acids is 1. The van der Waals surface area contributed by atoms with E-state index in [-0.39, 0.29) is 6.42 Å². The molecule has 0 unspecified atom stereocenters. The molecule has 0 heterocycles. The van der Waals surface area contributed by atoms with Crippen molar-refractivity contribution < 1.29 is 9.90 Å². The highest BCUT2D eigenvalue weighted by Crippen LogP contribution is 2.11. The highest BCUT2D eigenvalue weighted by atomic mass is 16.4. The van der Waals surface area contributed by atoms with Gasteiger partial charge in [-0.05, 0) is 25.0 Å². The lowest BCUT2D eigenvalue weighted by Crippen LogP contribution is -1.91. The maximum Gasteiger partial charge on any atom is 0.315 e. The second kappa shape index (κ2) is 4.48. The van der Waals surface area contributed by atoms with Crippen molar-refractivity contribution in [3.05, 3.63) is 34.9 Å². The molecule has 1 aromatic carbocycles. The maximum absolute atomic E-state index is 10.3. The topological polar surface area (TPSA) is 37.3 Å². The Morgan fingerprint density at radius 2 is 1.93 bits per heavy atom. The van der Waals surface area contributed by atoms with Crippen molar-refractivity contribution in [2.45, 2.75) is 20.3 Å². The van der Waals surface area contributed by atoms with Crippen molar-refractivity contribution in [2.75, 3.05) is 0 Å². The highest BCUT2D eigenvalue weighted by molar-refractivity contribution is 5.70. The number of benzene rings is 1.